The van der Waals surface area contributed by atoms with Gasteiger partial charge in [-0.3, -0.25) is 18.6 Å². The summed E-state index contributed by atoms with van der Waals surface area (Å²) in [6, 6.07) is 0. The van der Waals surface area contributed by atoms with Crippen molar-refractivity contribution in [1.29, 1.82) is 0 Å². The molecule has 2 unspecified atom stereocenters. The number of carbonyl (C=O) groups excluding carboxylic acids is 2. The standard InChI is InChI=1S/C88H154NO8P/c1-6-8-10-12-14-16-18-20-22-24-26-28-30-32-34-36-38-40-42-43-44-45-47-49-51-53-55-57-59-61-63-65-67-69-71-73-75-77-79-81-88(91)97-86(85-96-98(92,93)95-83-82-89(3,4)5)84-94-87(90)80-78-76-74-72-70-68-66-64-62-60-58-56-54-52-50-48-46-41-39-37-35-33-31-29-27-25-23-21-19-17-15-13-11-9-7-2/h8,10,14,16,20,22,25-28,32,34,38,40,43-44,47,49,53,55,59,61,86H,6-7,9,11-13,15,17-19,21,23-24,29-31,33,35-37,39,41-42,45-46,48,50-52,54,56-58,60,62-85H2,1-5H3/p+1/b10-8-,16-14-,22-20-,27-25-,28-26-,34-32-,40-38-,44-43-,49-47-,55-53-,61-59-. The fourth-order valence-electron chi connectivity index (χ4n) is 11.5. The zero-order valence-electron chi connectivity index (χ0n) is 64.5. The van der Waals surface area contributed by atoms with Crippen LogP contribution in [0.2, 0.25) is 0 Å². The maximum atomic E-state index is 12.9. The van der Waals surface area contributed by atoms with Gasteiger partial charge in [-0.05, 0) is 116 Å². The molecule has 0 rings (SSSR count). The minimum absolute atomic E-state index is 0.0256. The Hall–Kier alpha value is -3.85. The van der Waals surface area contributed by atoms with Gasteiger partial charge in [-0.1, -0.05) is 366 Å². The number of carbonyl (C=O) groups is 2. The first kappa shape index (κ1) is 94.2. The number of rotatable bonds is 75. The van der Waals surface area contributed by atoms with Crippen LogP contribution >= 0.6 is 7.82 Å². The van der Waals surface area contributed by atoms with Gasteiger partial charge < -0.3 is 18.9 Å². The second-order valence-electron chi connectivity index (χ2n) is 28.4. The van der Waals surface area contributed by atoms with Crippen LogP contribution in [0.15, 0.2) is 134 Å². The van der Waals surface area contributed by atoms with Gasteiger partial charge in [0, 0.05) is 12.8 Å². The predicted molar refractivity (Wildman–Crippen MR) is 427 cm³/mol. The van der Waals surface area contributed by atoms with Crippen LogP contribution in [0, 0.1) is 0 Å². The highest BCUT2D eigenvalue weighted by Gasteiger charge is 2.27. The van der Waals surface area contributed by atoms with Crippen LogP contribution in [0.4, 0.5) is 0 Å². The van der Waals surface area contributed by atoms with E-state index in [1.165, 1.54) is 218 Å². The molecule has 0 aliphatic rings. The third kappa shape index (κ3) is 81.1. The number of unbranched alkanes of at least 4 members (excludes halogenated alkanes) is 39. The zero-order chi connectivity index (χ0) is 71.1. The molecule has 9 nitrogen and oxygen atoms in total. The van der Waals surface area contributed by atoms with Crippen molar-refractivity contribution in [3.8, 4) is 0 Å². The minimum atomic E-state index is -4.41. The smallest absolute Gasteiger partial charge is 0.462 e. The average Bonchev–Trinajstić information content (AvgIpc) is 1.23. The lowest BCUT2D eigenvalue weighted by molar-refractivity contribution is -0.870. The van der Waals surface area contributed by atoms with E-state index < -0.39 is 26.5 Å². The number of phosphoric ester groups is 1. The monoisotopic (exact) mass is 1390 g/mol. The van der Waals surface area contributed by atoms with E-state index in [-0.39, 0.29) is 32.0 Å². The van der Waals surface area contributed by atoms with Gasteiger partial charge in [0.2, 0.25) is 0 Å². The van der Waals surface area contributed by atoms with Crippen molar-refractivity contribution in [3.63, 3.8) is 0 Å². The second kappa shape index (κ2) is 77.3. The predicted octanol–water partition coefficient (Wildman–Crippen LogP) is 27.5. The van der Waals surface area contributed by atoms with Crippen molar-refractivity contribution in [1.82, 2.24) is 0 Å². The molecule has 0 spiro atoms. The highest BCUT2D eigenvalue weighted by Crippen LogP contribution is 2.43. The average molecular weight is 1390 g/mol. The Bertz CT molecular complexity index is 2120. The molecule has 0 radical (unpaired) electrons. The Morgan fingerprint density at radius 3 is 0.878 bits per heavy atom. The lowest BCUT2D eigenvalue weighted by Gasteiger charge is -2.24. The number of likely N-dealkylation sites (N-methyl/N-ethyl adjacent to an activating group) is 1. The highest BCUT2D eigenvalue weighted by molar-refractivity contribution is 7.47. The van der Waals surface area contributed by atoms with E-state index >= 15 is 0 Å². The van der Waals surface area contributed by atoms with Crippen molar-refractivity contribution in [2.24, 2.45) is 0 Å². The van der Waals surface area contributed by atoms with Crippen molar-refractivity contribution in [3.05, 3.63) is 134 Å². The third-order valence-corrected chi connectivity index (χ3v) is 18.6. The summed E-state index contributed by atoms with van der Waals surface area (Å²) in [6.45, 7) is 4.34. The number of quaternary nitrogens is 1. The van der Waals surface area contributed by atoms with Crippen LogP contribution in [0.3, 0.4) is 0 Å². The van der Waals surface area contributed by atoms with E-state index in [2.05, 4.69) is 148 Å². The Morgan fingerprint density at radius 2 is 0.582 bits per heavy atom. The molecule has 0 fully saturated rings. The normalized spacial score (nSPS) is 13.7. The van der Waals surface area contributed by atoms with Gasteiger partial charge in [-0.2, -0.15) is 0 Å². The molecule has 2 atom stereocenters. The van der Waals surface area contributed by atoms with E-state index in [0.717, 1.165) is 109 Å². The molecule has 564 valence electrons. The molecular formula is C88H155NO8P+. The fraction of sp³-hybridized carbons (Fsp3) is 0.727. The number of phosphoric acid groups is 1. The van der Waals surface area contributed by atoms with Crippen LogP contribution in [-0.2, 0) is 32.7 Å². The Kier molecular flexibility index (Phi) is 74.3. The summed E-state index contributed by atoms with van der Waals surface area (Å²) in [6.07, 6.45) is 113. The molecule has 1 N–H and O–H groups in total. The maximum absolute atomic E-state index is 12.9. The summed E-state index contributed by atoms with van der Waals surface area (Å²) in [5.74, 6) is -0.800. The van der Waals surface area contributed by atoms with Crippen LogP contribution < -0.4 is 0 Å². The van der Waals surface area contributed by atoms with Gasteiger partial charge in [0.1, 0.15) is 19.8 Å². The van der Waals surface area contributed by atoms with Gasteiger partial charge in [-0.25, -0.2) is 4.57 Å². The quantitative estimate of drug-likeness (QED) is 0.0211. The summed E-state index contributed by atoms with van der Waals surface area (Å²) in [7, 11) is 1.47. The van der Waals surface area contributed by atoms with Gasteiger partial charge in [-0.15, -0.1) is 0 Å². The molecule has 98 heavy (non-hydrogen) atoms. The number of hydrogen-bond donors (Lipinski definition) is 1. The summed E-state index contributed by atoms with van der Waals surface area (Å²) in [5.41, 5.74) is 0. The minimum Gasteiger partial charge on any atom is -0.462 e. The highest BCUT2D eigenvalue weighted by atomic mass is 31.2. The van der Waals surface area contributed by atoms with E-state index in [0.29, 0.717) is 17.4 Å². The number of ether oxygens (including phenoxy) is 2. The van der Waals surface area contributed by atoms with Crippen LogP contribution in [0.25, 0.3) is 0 Å². The largest absolute Gasteiger partial charge is 0.472 e. The molecule has 0 amide bonds. The number of allylic oxidation sites excluding steroid dienone is 22. The third-order valence-electron chi connectivity index (χ3n) is 17.7. The van der Waals surface area contributed by atoms with E-state index in [9.17, 15) is 19.0 Å². The van der Waals surface area contributed by atoms with Crippen molar-refractivity contribution in [2.75, 3.05) is 47.5 Å². The molecule has 10 heteroatoms. The van der Waals surface area contributed by atoms with E-state index in [4.69, 9.17) is 18.5 Å². The Morgan fingerprint density at radius 1 is 0.327 bits per heavy atom. The first-order valence-corrected chi connectivity index (χ1v) is 42.4. The van der Waals surface area contributed by atoms with Crippen molar-refractivity contribution >= 4 is 19.8 Å². The molecule has 0 aromatic carbocycles. The molecule has 0 heterocycles. The fourth-order valence-corrected chi connectivity index (χ4v) is 12.2. The number of hydrogen-bond acceptors (Lipinski definition) is 7. The van der Waals surface area contributed by atoms with Gasteiger partial charge in [0.05, 0.1) is 27.7 Å². The first-order chi connectivity index (χ1) is 48.0. The lowest BCUT2D eigenvalue weighted by atomic mass is 10.0. The Balaban J connectivity index is 4.02. The van der Waals surface area contributed by atoms with Crippen LogP contribution in [0.5, 0.6) is 0 Å². The van der Waals surface area contributed by atoms with E-state index in [1.54, 1.807) is 0 Å². The summed E-state index contributed by atoms with van der Waals surface area (Å²) in [4.78, 5) is 36.0. The summed E-state index contributed by atoms with van der Waals surface area (Å²) >= 11 is 0. The molecule has 0 aromatic heterocycles. The summed E-state index contributed by atoms with van der Waals surface area (Å²) in [5, 5.41) is 0. The molecule has 0 aliphatic heterocycles. The van der Waals surface area contributed by atoms with Gasteiger partial charge >= 0.3 is 19.8 Å². The van der Waals surface area contributed by atoms with Crippen molar-refractivity contribution < 1.29 is 42.1 Å². The SMILES string of the molecule is CC/C=C\C/C=C\C/C=C\C/C=C\C/C=C\C/C=C\C/C=C\C/C=C\C/C=C\C/C=C\CCCCCCCCCCC(=O)OC(COC(=O)CCCCCCCCCCCCCCCCCCCCCCCCC/C=C\CCCCCCCCCC)COP(=O)(O)OCC[N+](C)(C)C. The molecule has 0 aromatic rings. The zero-order valence-corrected chi connectivity index (χ0v) is 65.4. The second-order valence-corrected chi connectivity index (χ2v) is 29.9. The summed E-state index contributed by atoms with van der Waals surface area (Å²) < 4.78 is 34.8. The van der Waals surface area contributed by atoms with Gasteiger partial charge in [0.25, 0.3) is 0 Å². The van der Waals surface area contributed by atoms with Crippen molar-refractivity contribution in [2.45, 2.75) is 367 Å². The van der Waals surface area contributed by atoms with E-state index in [1.807, 2.05) is 21.1 Å². The van der Waals surface area contributed by atoms with Crippen LogP contribution in [0.1, 0.15) is 361 Å². The molecule has 0 aliphatic carbocycles. The first-order valence-electron chi connectivity index (χ1n) is 40.9. The Labute approximate surface area is 606 Å². The number of nitrogens with zero attached hydrogens (tertiary/aromatic N) is 1. The molecule has 0 saturated carbocycles. The molecule has 0 saturated heterocycles. The lowest BCUT2D eigenvalue weighted by Crippen LogP contribution is -2.37. The van der Waals surface area contributed by atoms with Gasteiger partial charge in [0.15, 0.2) is 6.10 Å². The van der Waals surface area contributed by atoms with Crippen LogP contribution in [-0.4, -0.2) is 74.9 Å². The number of esters is 2. The molecule has 0 bridgehead atoms. The topological polar surface area (TPSA) is 108 Å². The molecular weight excluding hydrogens is 1230 g/mol. The maximum Gasteiger partial charge on any atom is 0.472 e.